The molecule has 0 amide bonds. The zero-order valence-electron chi connectivity index (χ0n) is 20.7. The fraction of sp³-hybridized carbons (Fsp3) is 0.0857. The molecule has 0 N–H and O–H groups in total. The van der Waals surface area contributed by atoms with Crippen LogP contribution in [0.1, 0.15) is 28.2 Å². The highest BCUT2D eigenvalue weighted by Crippen LogP contribution is 2.49. The van der Waals surface area contributed by atoms with Crippen LogP contribution in [-0.4, -0.2) is 6.71 Å². The largest absolute Gasteiger partial charge is 0.311 e. The van der Waals surface area contributed by atoms with Gasteiger partial charge in [0.1, 0.15) is 0 Å². The molecule has 3 aliphatic carbocycles. The van der Waals surface area contributed by atoms with E-state index in [-0.39, 0.29) is 6.71 Å². The van der Waals surface area contributed by atoms with Crippen LogP contribution >= 0.6 is 0 Å². The predicted octanol–water partition coefficient (Wildman–Crippen LogP) is 6.36. The van der Waals surface area contributed by atoms with Crippen molar-refractivity contribution in [3.05, 3.63) is 137 Å². The molecule has 172 valence electrons. The Labute approximate surface area is 217 Å². The third-order valence-corrected chi connectivity index (χ3v) is 8.97. The quantitative estimate of drug-likeness (QED) is 0.253. The van der Waals surface area contributed by atoms with Crippen molar-refractivity contribution in [3.8, 4) is 11.1 Å². The van der Waals surface area contributed by atoms with E-state index in [1.807, 2.05) is 0 Å². The molecule has 0 spiro atoms. The first-order valence-electron chi connectivity index (χ1n) is 13.3. The molecule has 0 bridgehead atoms. The van der Waals surface area contributed by atoms with E-state index in [0.717, 1.165) is 6.42 Å². The lowest BCUT2D eigenvalue weighted by atomic mass is 9.37. The number of anilines is 3. The molecule has 9 rings (SSSR count). The van der Waals surface area contributed by atoms with E-state index < -0.39 is 0 Å². The highest BCUT2D eigenvalue weighted by Gasteiger charge is 2.42. The number of benzene rings is 4. The summed E-state index contributed by atoms with van der Waals surface area (Å²) < 4.78 is 0. The van der Waals surface area contributed by atoms with E-state index in [1.54, 1.807) is 0 Å². The van der Waals surface area contributed by atoms with Crippen LogP contribution < -0.4 is 21.3 Å². The molecule has 2 heteroatoms. The van der Waals surface area contributed by atoms with Gasteiger partial charge in [-0.05, 0) is 93.1 Å². The van der Waals surface area contributed by atoms with Gasteiger partial charge in [0.05, 0.1) is 0 Å². The van der Waals surface area contributed by atoms with Crippen LogP contribution in [0.3, 0.4) is 0 Å². The Bertz CT molecular complexity index is 1830. The first kappa shape index (κ1) is 19.8. The maximum absolute atomic E-state index is 2.54. The van der Waals surface area contributed by atoms with E-state index in [0.29, 0.717) is 5.92 Å². The molecule has 4 aromatic rings. The Hall–Kier alpha value is -4.30. The standard InChI is InChI=1S/C35H24BN/c1-21-17-28-27-9-2-3-10-29(27)36-30-11-4-5-12-31(30)37(32(18-21)35(28)36)26-19-24-15-13-22-7-6-8-23-14-16-25(20-26)34(24)33(22)23/h2-15,17-20,33H,16H2,1H3. The molecule has 0 fully saturated rings. The van der Waals surface area contributed by atoms with Crippen LogP contribution in [-0.2, 0) is 6.42 Å². The molecular formula is C35H24BN. The fourth-order valence-corrected chi connectivity index (χ4v) is 7.55. The molecule has 2 aliphatic heterocycles. The van der Waals surface area contributed by atoms with Crippen LogP contribution in [0.5, 0.6) is 0 Å². The van der Waals surface area contributed by atoms with E-state index in [4.69, 9.17) is 0 Å². The van der Waals surface area contributed by atoms with Crippen molar-refractivity contribution >= 4 is 46.2 Å². The second-order valence-corrected chi connectivity index (χ2v) is 11.0. The summed E-state index contributed by atoms with van der Waals surface area (Å²) in [6.07, 6.45) is 14.9. The van der Waals surface area contributed by atoms with Crippen molar-refractivity contribution in [1.29, 1.82) is 0 Å². The lowest BCUT2D eigenvalue weighted by Crippen LogP contribution is -2.54. The first-order chi connectivity index (χ1) is 18.3. The summed E-state index contributed by atoms with van der Waals surface area (Å²) in [6, 6.07) is 27.7. The summed E-state index contributed by atoms with van der Waals surface area (Å²) >= 11 is 0. The Morgan fingerprint density at radius 2 is 1.65 bits per heavy atom. The molecule has 0 saturated carbocycles. The number of para-hydroxylation sites is 1. The summed E-state index contributed by atoms with van der Waals surface area (Å²) in [5.74, 6) is 0.388. The van der Waals surface area contributed by atoms with Crippen molar-refractivity contribution in [2.75, 3.05) is 4.90 Å². The van der Waals surface area contributed by atoms with Crippen LogP contribution in [0, 0.1) is 6.92 Å². The van der Waals surface area contributed by atoms with Crippen molar-refractivity contribution in [1.82, 2.24) is 0 Å². The maximum atomic E-state index is 2.54. The van der Waals surface area contributed by atoms with Gasteiger partial charge in [0.25, 0.3) is 0 Å². The van der Waals surface area contributed by atoms with E-state index in [2.05, 4.69) is 121 Å². The predicted molar refractivity (Wildman–Crippen MR) is 157 cm³/mol. The molecule has 4 aromatic carbocycles. The molecule has 37 heavy (non-hydrogen) atoms. The number of fused-ring (bicyclic) bond motifs is 5. The molecule has 0 saturated heterocycles. The van der Waals surface area contributed by atoms with E-state index in [1.165, 1.54) is 78.0 Å². The fourth-order valence-electron chi connectivity index (χ4n) is 7.55. The van der Waals surface area contributed by atoms with Gasteiger partial charge in [0.15, 0.2) is 0 Å². The number of hydrogen-bond acceptors (Lipinski definition) is 1. The SMILES string of the molecule is Cc1cc2c3c(c1)N(c1cc4c5c(c1)CC=C1C=CC=C(C=C4)C15)c1ccccc1B3c1ccccc1-2. The molecule has 1 unspecified atom stereocenters. The Morgan fingerprint density at radius 1 is 0.784 bits per heavy atom. The van der Waals surface area contributed by atoms with Crippen molar-refractivity contribution in [2.24, 2.45) is 0 Å². The molecule has 5 aliphatic rings. The second kappa shape index (κ2) is 6.92. The normalized spacial score (nSPS) is 18.6. The molecular weight excluding hydrogens is 445 g/mol. The maximum Gasteiger partial charge on any atom is 0.248 e. The number of rotatable bonds is 1. The second-order valence-electron chi connectivity index (χ2n) is 11.0. The van der Waals surface area contributed by atoms with Gasteiger partial charge < -0.3 is 4.90 Å². The van der Waals surface area contributed by atoms with Crippen molar-refractivity contribution in [3.63, 3.8) is 0 Å². The zero-order valence-corrected chi connectivity index (χ0v) is 20.7. The minimum absolute atomic E-state index is 0.289. The number of hydrogen-bond donors (Lipinski definition) is 0. The lowest BCUT2D eigenvalue weighted by Gasteiger charge is -2.38. The lowest BCUT2D eigenvalue weighted by molar-refractivity contribution is 0.892. The van der Waals surface area contributed by atoms with Crippen molar-refractivity contribution in [2.45, 2.75) is 19.3 Å². The molecule has 2 heterocycles. The summed E-state index contributed by atoms with van der Waals surface area (Å²) in [4.78, 5) is 2.54. The van der Waals surface area contributed by atoms with Crippen molar-refractivity contribution < 1.29 is 0 Å². The first-order valence-corrected chi connectivity index (χ1v) is 13.3. The summed E-state index contributed by atoms with van der Waals surface area (Å²) in [5, 5.41) is 0. The highest BCUT2D eigenvalue weighted by atomic mass is 15.2. The van der Waals surface area contributed by atoms with Gasteiger partial charge in [-0.1, -0.05) is 90.4 Å². The van der Waals surface area contributed by atoms with Gasteiger partial charge in [-0.15, -0.1) is 0 Å². The van der Waals surface area contributed by atoms with Crippen LogP contribution in [0.2, 0.25) is 0 Å². The van der Waals surface area contributed by atoms with Gasteiger partial charge in [-0.2, -0.15) is 0 Å². The van der Waals surface area contributed by atoms with E-state index in [9.17, 15) is 0 Å². The Balaban J connectivity index is 1.32. The van der Waals surface area contributed by atoms with Crippen LogP contribution in [0.25, 0.3) is 17.2 Å². The number of allylic oxidation sites excluding steroid dienone is 7. The smallest absolute Gasteiger partial charge is 0.248 e. The van der Waals surface area contributed by atoms with E-state index >= 15 is 0 Å². The van der Waals surface area contributed by atoms with Gasteiger partial charge in [-0.25, -0.2) is 0 Å². The third kappa shape index (κ3) is 2.50. The minimum Gasteiger partial charge on any atom is -0.311 e. The molecule has 1 nitrogen and oxygen atoms in total. The zero-order chi connectivity index (χ0) is 24.2. The van der Waals surface area contributed by atoms with Gasteiger partial charge in [0, 0.05) is 23.0 Å². The summed E-state index contributed by atoms with van der Waals surface area (Å²) in [5.41, 5.74) is 19.5. The third-order valence-electron chi connectivity index (χ3n) is 8.97. The number of aryl methyl sites for hydroxylation is 1. The highest BCUT2D eigenvalue weighted by molar-refractivity contribution is 7.01. The average molecular weight is 469 g/mol. The average Bonchev–Trinajstić information content (AvgIpc) is 3.27. The Morgan fingerprint density at radius 3 is 2.59 bits per heavy atom. The Kier molecular flexibility index (Phi) is 3.71. The summed E-state index contributed by atoms with van der Waals surface area (Å²) in [7, 11) is 0. The van der Waals surface area contributed by atoms with Gasteiger partial charge in [-0.3, -0.25) is 0 Å². The molecule has 1 atom stereocenters. The minimum atomic E-state index is 0.289. The van der Waals surface area contributed by atoms with Gasteiger partial charge in [0.2, 0.25) is 6.71 Å². The van der Waals surface area contributed by atoms with Gasteiger partial charge >= 0.3 is 0 Å². The van der Waals surface area contributed by atoms with Crippen LogP contribution in [0.4, 0.5) is 17.1 Å². The number of nitrogens with zero attached hydrogens (tertiary/aromatic N) is 1. The molecule has 0 radical (unpaired) electrons. The molecule has 0 aromatic heterocycles. The topological polar surface area (TPSA) is 3.24 Å². The monoisotopic (exact) mass is 469 g/mol. The summed E-state index contributed by atoms with van der Waals surface area (Å²) in [6.45, 7) is 2.53. The van der Waals surface area contributed by atoms with Crippen LogP contribution in [0.15, 0.2) is 114 Å².